The lowest BCUT2D eigenvalue weighted by Gasteiger charge is -2.40. The molecule has 2 saturated heterocycles. The second-order valence-electron chi connectivity index (χ2n) is 17.9. The van der Waals surface area contributed by atoms with Gasteiger partial charge in [-0.1, -0.05) is 91.9 Å². The molecule has 6 aromatic rings. The smallest absolute Gasteiger partial charge is 0.338 e. The molecule has 352 valence electrons. The highest BCUT2D eigenvalue weighted by Crippen LogP contribution is 2.40. The van der Waals surface area contributed by atoms with Gasteiger partial charge >= 0.3 is 11.9 Å². The number of fused-ring (bicyclic) bond motifs is 1. The quantitative estimate of drug-likeness (QED) is 0.0390. The van der Waals surface area contributed by atoms with E-state index in [2.05, 4.69) is 6.92 Å². The first-order valence-corrected chi connectivity index (χ1v) is 23.6. The Bertz CT molecular complexity index is 2540. The van der Waals surface area contributed by atoms with Crippen LogP contribution in [-0.2, 0) is 23.7 Å². The minimum absolute atomic E-state index is 0.0929. The Morgan fingerprint density at radius 2 is 1.04 bits per heavy atom. The molecule has 7 atom stereocenters. The Hall–Kier alpha value is -6.66. The third-order valence-corrected chi connectivity index (χ3v) is 12.9. The monoisotopic (exact) mass is 918 g/mol. The molecule has 6 aromatic carbocycles. The van der Waals surface area contributed by atoms with Gasteiger partial charge in [-0.3, -0.25) is 0 Å². The Balaban J connectivity index is 0.815. The highest BCUT2D eigenvalue weighted by Gasteiger charge is 2.44. The van der Waals surface area contributed by atoms with Gasteiger partial charge in [-0.15, -0.1) is 0 Å². The van der Waals surface area contributed by atoms with Crippen molar-refractivity contribution < 1.29 is 52.2 Å². The van der Waals surface area contributed by atoms with E-state index in [4.69, 9.17) is 42.6 Å². The van der Waals surface area contributed by atoms with Crippen LogP contribution in [0.5, 0.6) is 23.0 Å². The molecule has 1 saturated carbocycles. The van der Waals surface area contributed by atoms with Crippen LogP contribution in [0.3, 0.4) is 0 Å². The summed E-state index contributed by atoms with van der Waals surface area (Å²) in [5.41, 5.74) is 3.93. The summed E-state index contributed by atoms with van der Waals surface area (Å²) in [7, 11) is 0. The van der Waals surface area contributed by atoms with E-state index in [1.807, 2.05) is 128 Å². The highest BCUT2D eigenvalue weighted by molar-refractivity contribution is 5.91. The number of carbonyl (C=O) groups excluding carboxylic acids is 2. The normalized spacial score (nSPS) is 19.7. The topological polar surface area (TPSA) is 121 Å². The number of benzene rings is 6. The van der Waals surface area contributed by atoms with Crippen molar-refractivity contribution in [3.8, 4) is 34.1 Å². The van der Waals surface area contributed by atoms with Gasteiger partial charge in [-0.2, -0.15) is 0 Å². The second kappa shape index (κ2) is 21.5. The first-order valence-electron chi connectivity index (χ1n) is 23.6. The molecular weight excluding hydrogens is 861 g/mol. The van der Waals surface area contributed by atoms with Crippen molar-refractivity contribution in [2.45, 2.75) is 83.5 Å². The molecule has 68 heavy (non-hydrogen) atoms. The van der Waals surface area contributed by atoms with E-state index in [9.17, 15) is 9.59 Å². The molecule has 2 aliphatic heterocycles. The molecule has 0 amide bonds. The number of hydrogen-bond donors (Lipinski definition) is 0. The van der Waals surface area contributed by atoms with Crippen LogP contribution in [0.1, 0.15) is 90.5 Å². The molecule has 11 nitrogen and oxygen atoms in total. The minimum atomic E-state index is -0.989. The van der Waals surface area contributed by atoms with Gasteiger partial charge < -0.3 is 42.6 Å². The molecule has 11 heteroatoms. The number of esters is 2. The van der Waals surface area contributed by atoms with E-state index in [0.717, 1.165) is 55.8 Å². The van der Waals surface area contributed by atoms with Crippen LogP contribution in [0.4, 0.5) is 0 Å². The Kier molecular flexibility index (Phi) is 14.7. The van der Waals surface area contributed by atoms with Crippen LogP contribution < -0.4 is 18.9 Å². The van der Waals surface area contributed by atoms with E-state index in [-0.39, 0.29) is 11.7 Å². The van der Waals surface area contributed by atoms with Crippen LogP contribution in [0, 0.1) is 11.3 Å². The zero-order valence-electron chi connectivity index (χ0n) is 38.7. The molecule has 0 N–H and O–H groups in total. The molecule has 0 spiro atoms. The van der Waals surface area contributed by atoms with Gasteiger partial charge in [0.05, 0.1) is 55.2 Å². The van der Waals surface area contributed by atoms with Gasteiger partial charge in [-0.25, -0.2) is 9.59 Å². The first-order chi connectivity index (χ1) is 33.2. The van der Waals surface area contributed by atoms with E-state index in [0.29, 0.717) is 70.8 Å². The third kappa shape index (κ3) is 11.9. The average Bonchev–Trinajstić information content (AvgIpc) is 4.15. The number of rotatable bonds is 21. The predicted molar refractivity (Wildman–Crippen MR) is 256 cm³/mol. The summed E-state index contributed by atoms with van der Waals surface area (Å²) in [5.74, 6) is 1.95. The van der Waals surface area contributed by atoms with Crippen molar-refractivity contribution in [2.24, 2.45) is 11.3 Å². The van der Waals surface area contributed by atoms with Crippen LogP contribution in [-0.4, -0.2) is 63.2 Å². The van der Waals surface area contributed by atoms with Crippen molar-refractivity contribution in [2.75, 3.05) is 26.4 Å². The maximum Gasteiger partial charge on any atom is 0.338 e. The standard InChI is InChI=1S/C57H58O11/c1-4-57(35-60-36-57)37-62-47-28-30-50(31-29-47)65-39(3)64-49-26-22-46(23-27-49)56(59)68-54(44-13-9-6-10-14-44)53(43-11-7-5-8-12-43)67-55(58)45-18-16-41(17-19-45)42-20-24-48(25-21-42)63-38(2)61-34-40-15-32-51-52(33-40)66-51/h5-14,16-31,38-40,51-54H,4,15,32-37H2,1-3H3. The molecule has 0 aromatic heterocycles. The fourth-order valence-electron chi connectivity index (χ4n) is 8.63. The molecule has 7 unspecified atom stereocenters. The lowest BCUT2D eigenvalue weighted by Crippen LogP contribution is -2.46. The molecule has 3 fully saturated rings. The number of ether oxygens (including phenoxy) is 9. The molecular formula is C57H58O11. The third-order valence-electron chi connectivity index (χ3n) is 12.9. The van der Waals surface area contributed by atoms with Gasteiger partial charge in [0, 0.05) is 6.92 Å². The van der Waals surface area contributed by atoms with E-state index in [1.165, 1.54) is 0 Å². The van der Waals surface area contributed by atoms with Crippen molar-refractivity contribution in [3.63, 3.8) is 0 Å². The summed E-state index contributed by atoms with van der Waals surface area (Å²) in [6, 6.07) is 47.7. The summed E-state index contributed by atoms with van der Waals surface area (Å²) in [6.07, 6.45) is 2.25. The Morgan fingerprint density at radius 3 is 1.54 bits per heavy atom. The maximum absolute atomic E-state index is 14.0. The van der Waals surface area contributed by atoms with Gasteiger partial charge in [0.1, 0.15) is 23.0 Å². The predicted octanol–water partition coefficient (Wildman–Crippen LogP) is 11.8. The number of carbonyl (C=O) groups is 2. The van der Waals surface area contributed by atoms with Crippen LogP contribution in [0.25, 0.3) is 11.1 Å². The minimum Gasteiger partial charge on any atom is -0.493 e. The second-order valence-corrected chi connectivity index (χ2v) is 17.9. The van der Waals surface area contributed by atoms with Crippen LogP contribution in [0.15, 0.2) is 158 Å². The summed E-state index contributed by atoms with van der Waals surface area (Å²) in [4.78, 5) is 27.9. The molecule has 1 aliphatic carbocycles. The average molecular weight is 919 g/mol. The van der Waals surface area contributed by atoms with Crippen molar-refractivity contribution in [1.29, 1.82) is 0 Å². The zero-order valence-corrected chi connectivity index (χ0v) is 38.7. The SMILES string of the molecule is CCC1(COc2ccc(OC(C)Oc3ccc(C(=O)OC(c4ccccc4)C(OC(=O)c4ccc(-c5ccc(OC(C)OCC6CCC7OC7C6)cc5)cc4)c4ccccc4)cc3)cc2)COC1. The number of epoxide rings is 1. The summed E-state index contributed by atoms with van der Waals surface area (Å²) in [5, 5.41) is 0. The molecule has 3 aliphatic rings. The molecule has 9 rings (SSSR count). The van der Waals surface area contributed by atoms with Gasteiger partial charge in [0.25, 0.3) is 0 Å². The van der Waals surface area contributed by atoms with Crippen molar-refractivity contribution >= 4 is 11.9 Å². The zero-order chi connectivity index (χ0) is 46.9. The van der Waals surface area contributed by atoms with Crippen LogP contribution >= 0.6 is 0 Å². The van der Waals surface area contributed by atoms with Crippen LogP contribution in [0.2, 0.25) is 0 Å². The lowest BCUT2D eigenvalue weighted by atomic mass is 9.84. The van der Waals surface area contributed by atoms with Gasteiger partial charge in [0.2, 0.25) is 6.29 Å². The van der Waals surface area contributed by atoms with E-state index in [1.54, 1.807) is 43.3 Å². The summed E-state index contributed by atoms with van der Waals surface area (Å²) in [6.45, 7) is 8.59. The highest BCUT2D eigenvalue weighted by atomic mass is 16.7. The van der Waals surface area contributed by atoms with E-state index >= 15 is 0 Å². The number of hydrogen-bond acceptors (Lipinski definition) is 11. The van der Waals surface area contributed by atoms with Crippen molar-refractivity contribution in [1.82, 2.24) is 0 Å². The van der Waals surface area contributed by atoms with E-state index < -0.39 is 30.4 Å². The van der Waals surface area contributed by atoms with Crippen molar-refractivity contribution in [3.05, 3.63) is 180 Å². The Labute approximate surface area is 398 Å². The largest absolute Gasteiger partial charge is 0.493 e. The fraction of sp³-hybridized carbons (Fsp3) is 0.333. The first kappa shape index (κ1) is 46.5. The lowest BCUT2D eigenvalue weighted by molar-refractivity contribution is -0.133. The molecule has 0 bridgehead atoms. The summed E-state index contributed by atoms with van der Waals surface area (Å²) >= 11 is 0. The summed E-state index contributed by atoms with van der Waals surface area (Å²) < 4.78 is 53.8. The molecule has 2 heterocycles. The van der Waals surface area contributed by atoms with Gasteiger partial charge in [-0.05, 0) is 134 Å². The fourth-order valence-corrected chi connectivity index (χ4v) is 8.63. The maximum atomic E-state index is 14.0. The Morgan fingerprint density at radius 1 is 0.574 bits per heavy atom. The van der Waals surface area contributed by atoms with Gasteiger partial charge in [0.15, 0.2) is 18.5 Å². The molecule has 0 radical (unpaired) electrons.